The Bertz CT molecular complexity index is 327. The molecule has 2 atom stereocenters. The molecule has 1 aliphatic rings. The van der Waals surface area contributed by atoms with Crippen LogP contribution in [0.15, 0.2) is 12.1 Å². The Morgan fingerprint density at radius 3 is 3.00 bits per heavy atom. The molecule has 2 heterocycles. The Morgan fingerprint density at radius 1 is 1.44 bits per heavy atom. The Kier molecular flexibility index (Phi) is 5.01. The van der Waals surface area contributed by atoms with Crippen LogP contribution in [0.3, 0.4) is 0 Å². The quantitative estimate of drug-likeness (QED) is 0.880. The van der Waals surface area contributed by atoms with Gasteiger partial charge in [-0.2, -0.15) is 11.8 Å². The predicted molar refractivity (Wildman–Crippen MR) is 75.9 cm³/mol. The number of thiophene rings is 1. The molecule has 1 fully saturated rings. The molecule has 0 amide bonds. The maximum absolute atomic E-state index is 5.96. The van der Waals surface area contributed by atoms with Gasteiger partial charge >= 0.3 is 0 Å². The molecule has 1 aromatic rings. The van der Waals surface area contributed by atoms with Gasteiger partial charge in [-0.3, -0.25) is 0 Å². The summed E-state index contributed by atoms with van der Waals surface area (Å²) >= 11 is 9.77. The SMILES string of the molecule is CCCNC1CSCC1Cc1ccc(Cl)s1. The van der Waals surface area contributed by atoms with Crippen LogP contribution in [0.1, 0.15) is 18.2 Å². The molecule has 0 spiro atoms. The minimum absolute atomic E-state index is 0.700. The standard InChI is InChI=1S/C12H18ClNS2/c1-2-5-14-11-8-15-7-9(11)6-10-3-4-12(13)16-10/h3-4,9,11,14H,2,5-8H2,1H3. The van der Waals surface area contributed by atoms with Crippen molar-refractivity contribution in [2.45, 2.75) is 25.8 Å². The Morgan fingerprint density at radius 2 is 2.31 bits per heavy atom. The molecule has 1 aromatic heterocycles. The van der Waals surface area contributed by atoms with Crippen LogP contribution in [0.5, 0.6) is 0 Å². The molecule has 4 heteroatoms. The first-order chi connectivity index (χ1) is 7.79. The van der Waals surface area contributed by atoms with Crippen LogP contribution in [-0.4, -0.2) is 24.1 Å². The minimum atomic E-state index is 0.700. The molecule has 2 unspecified atom stereocenters. The first kappa shape index (κ1) is 12.7. The van der Waals surface area contributed by atoms with E-state index in [2.05, 4.69) is 30.1 Å². The predicted octanol–water partition coefficient (Wildman–Crippen LogP) is 3.68. The van der Waals surface area contributed by atoms with E-state index in [1.165, 1.54) is 29.2 Å². The van der Waals surface area contributed by atoms with Crippen molar-refractivity contribution in [1.29, 1.82) is 0 Å². The van der Waals surface area contributed by atoms with E-state index in [-0.39, 0.29) is 0 Å². The Balaban J connectivity index is 1.88. The van der Waals surface area contributed by atoms with Gasteiger partial charge in [0.05, 0.1) is 4.34 Å². The molecule has 0 radical (unpaired) electrons. The lowest BCUT2D eigenvalue weighted by Gasteiger charge is -2.19. The summed E-state index contributed by atoms with van der Waals surface area (Å²) in [5.41, 5.74) is 0. The molecular weight excluding hydrogens is 258 g/mol. The molecule has 0 aromatic carbocycles. The van der Waals surface area contributed by atoms with E-state index in [0.717, 1.165) is 16.8 Å². The van der Waals surface area contributed by atoms with Gasteiger partial charge in [0.15, 0.2) is 0 Å². The highest BCUT2D eigenvalue weighted by Gasteiger charge is 2.27. The van der Waals surface area contributed by atoms with Gasteiger partial charge < -0.3 is 5.32 Å². The number of rotatable bonds is 5. The summed E-state index contributed by atoms with van der Waals surface area (Å²) in [5.74, 6) is 3.34. The molecule has 2 rings (SSSR count). The second-order valence-electron chi connectivity index (χ2n) is 4.27. The molecule has 0 bridgehead atoms. The summed E-state index contributed by atoms with van der Waals surface area (Å²) in [6.07, 6.45) is 2.41. The maximum atomic E-state index is 5.96. The lowest BCUT2D eigenvalue weighted by atomic mass is 9.99. The summed E-state index contributed by atoms with van der Waals surface area (Å²) < 4.78 is 0.915. The van der Waals surface area contributed by atoms with Gasteiger partial charge in [-0.15, -0.1) is 11.3 Å². The average Bonchev–Trinajstić information content (AvgIpc) is 2.86. The monoisotopic (exact) mass is 275 g/mol. The fourth-order valence-corrected chi connectivity index (χ4v) is 4.69. The second kappa shape index (κ2) is 6.29. The van der Waals surface area contributed by atoms with Crippen molar-refractivity contribution < 1.29 is 0 Å². The number of hydrogen-bond acceptors (Lipinski definition) is 3. The van der Waals surface area contributed by atoms with E-state index < -0.39 is 0 Å². The highest BCUT2D eigenvalue weighted by atomic mass is 35.5. The van der Waals surface area contributed by atoms with Crippen molar-refractivity contribution in [3.63, 3.8) is 0 Å². The van der Waals surface area contributed by atoms with Crippen molar-refractivity contribution in [2.24, 2.45) is 5.92 Å². The number of thioether (sulfide) groups is 1. The number of nitrogens with one attached hydrogen (secondary N) is 1. The van der Waals surface area contributed by atoms with Crippen molar-refractivity contribution >= 4 is 34.7 Å². The van der Waals surface area contributed by atoms with Crippen molar-refractivity contribution in [1.82, 2.24) is 5.32 Å². The fraction of sp³-hybridized carbons (Fsp3) is 0.667. The van der Waals surface area contributed by atoms with E-state index in [1.54, 1.807) is 11.3 Å². The zero-order valence-electron chi connectivity index (χ0n) is 9.54. The highest BCUT2D eigenvalue weighted by molar-refractivity contribution is 7.99. The van der Waals surface area contributed by atoms with Gasteiger partial charge in [-0.05, 0) is 43.2 Å². The third-order valence-electron chi connectivity index (χ3n) is 2.95. The molecule has 0 saturated carbocycles. The van der Waals surface area contributed by atoms with Crippen LogP contribution in [0.4, 0.5) is 0 Å². The van der Waals surface area contributed by atoms with Gasteiger partial charge in [0.25, 0.3) is 0 Å². The Hall–Kier alpha value is 0.300. The summed E-state index contributed by atoms with van der Waals surface area (Å²) in [5, 5.41) is 3.66. The van der Waals surface area contributed by atoms with Crippen molar-refractivity contribution in [3.8, 4) is 0 Å². The first-order valence-corrected chi connectivity index (χ1v) is 8.20. The normalized spacial score (nSPS) is 25.1. The third-order valence-corrected chi connectivity index (χ3v) is 5.46. The van der Waals surface area contributed by atoms with E-state index >= 15 is 0 Å². The van der Waals surface area contributed by atoms with Crippen LogP contribution < -0.4 is 5.32 Å². The summed E-state index contributed by atoms with van der Waals surface area (Å²) in [7, 11) is 0. The van der Waals surface area contributed by atoms with Gasteiger partial charge in [0, 0.05) is 16.7 Å². The molecular formula is C12H18ClNS2. The molecule has 16 heavy (non-hydrogen) atoms. The van der Waals surface area contributed by atoms with Gasteiger partial charge in [0.1, 0.15) is 0 Å². The maximum Gasteiger partial charge on any atom is 0.0931 e. The summed E-state index contributed by atoms with van der Waals surface area (Å²) in [4.78, 5) is 1.43. The topological polar surface area (TPSA) is 12.0 Å². The second-order valence-corrected chi connectivity index (χ2v) is 7.14. The zero-order chi connectivity index (χ0) is 11.4. The lowest BCUT2D eigenvalue weighted by Crippen LogP contribution is -2.36. The molecule has 0 aliphatic carbocycles. The van der Waals surface area contributed by atoms with Gasteiger partial charge in [-0.25, -0.2) is 0 Å². The summed E-state index contributed by atoms with van der Waals surface area (Å²) in [6, 6.07) is 4.89. The molecule has 90 valence electrons. The zero-order valence-corrected chi connectivity index (χ0v) is 11.9. The largest absolute Gasteiger partial charge is 0.313 e. The third kappa shape index (κ3) is 3.39. The van der Waals surface area contributed by atoms with Crippen LogP contribution in [-0.2, 0) is 6.42 Å². The molecule has 1 N–H and O–H groups in total. The molecule has 1 aliphatic heterocycles. The van der Waals surface area contributed by atoms with Crippen molar-refractivity contribution in [2.75, 3.05) is 18.1 Å². The van der Waals surface area contributed by atoms with Crippen LogP contribution in [0.2, 0.25) is 4.34 Å². The summed E-state index contributed by atoms with van der Waals surface area (Å²) in [6.45, 7) is 3.37. The minimum Gasteiger partial charge on any atom is -0.313 e. The number of halogens is 1. The molecule has 1 nitrogen and oxygen atoms in total. The van der Waals surface area contributed by atoms with Crippen LogP contribution in [0, 0.1) is 5.92 Å². The van der Waals surface area contributed by atoms with Crippen LogP contribution in [0.25, 0.3) is 0 Å². The molecule has 1 saturated heterocycles. The highest BCUT2D eigenvalue weighted by Crippen LogP contribution is 2.30. The average molecular weight is 276 g/mol. The first-order valence-electron chi connectivity index (χ1n) is 5.85. The van der Waals surface area contributed by atoms with E-state index in [9.17, 15) is 0 Å². The van der Waals surface area contributed by atoms with Crippen molar-refractivity contribution in [3.05, 3.63) is 21.3 Å². The van der Waals surface area contributed by atoms with E-state index in [0.29, 0.717) is 6.04 Å². The van der Waals surface area contributed by atoms with Gasteiger partial charge in [-0.1, -0.05) is 18.5 Å². The van der Waals surface area contributed by atoms with Crippen LogP contribution >= 0.6 is 34.7 Å². The smallest absolute Gasteiger partial charge is 0.0931 e. The lowest BCUT2D eigenvalue weighted by molar-refractivity contribution is 0.427. The fourth-order valence-electron chi connectivity index (χ4n) is 2.07. The van der Waals surface area contributed by atoms with Gasteiger partial charge in [0.2, 0.25) is 0 Å². The Labute approximate surface area is 111 Å². The van der Waals surface area contributed by atoms with E-state index in [1.807, 2.05) is 6.07 Å². The van der Waals surface area contributed by atoms with E-state index in [4.69, 9.17) is 11.6 Å². The number of hydrogen-bond donors (Lipinski definition) is 1.